The number of nitrogens with zero attached hydrogens (tertiary/aromatic N) is 2. The minimum absolute atomic E-state index is 0.131. The van der Waals surface area contributed by atoms with Gasteiger partial charge in [0.2, 0.25) is 5.91 Å². The molecule has 0 bridgehead atoms. The van der Waals surface area contributed by atoms with Crippen LogP contribution >= 0.6 is 46.6 Å². The van der Waals surface area contributed by atoms with Gasteiger partial charge in [-0.05, 0) is 6.07 Å². The van der Waals surface area contributed by atoms with Crippen molar-refractivity contribution in [2.24, 2.45) is 5.10 Å². The molecule has 150 valence electrons. The number of carboxylic acids is 1. The summed E-state index contributed by atoms with van der Waals surface area (Å²) in [5.74, 6) is -1.98. The van der Waals surface area contributed by atoms with Gasteiger partial charge in [-0.2, -0.15) is 0 Å². The fourth-order valence-electron chi connectivity index (χ4n) is 2.08. The molecule has 28 heavy (non-hydrogen) atoms. The lowest BCUT2D eigenvalue weighted by atomic mass is 10.3. The predicted molar refractivity (Wildman–Crippen MR) is 108 cm³/mol. The van der Waals surface area contributed by atoms with Crippen molar-refractivity contribution >= 4 is 69.5 Å². The Bertz CT molecular complexity index is 849. The number of hydrogen-bond acceptors (Lipinski definition) is 6. The van der Waals surface area contributed by atoms with Gasteiger partial charge in [0.05, 0.1) is 21.5 Å². The molecule has 0 spiro atoms. The van der Waals surface area contributed by atoms with Gasteiger partial charge in [0.25, 0.3) is 5.91 Å². The molecule has 1 unspecified atom stereocenters. The number of ether oxygens (including phenoxy) is 1. The first-order chi connectivity index (χ1) is 13.2. The zero-order valence-corrected chi connectivity index (χ0v) is 17.2. The number of benzene rings is 1. The monoisotopic (exact) mass is 465 g/mol. The topological polar surface area (TPSA) is 108 Å². The zero-order chi connectivity index (χ0) is 20.8. The van der Waals surface area contributed by atoms with E-state index < -0.39 is 29.6 Å². The van der Waals surface area contributed by atoms with Crippen molar-refractivity contribution in [1.29, 1.82) is 0 Å². The van der Waals surface area contributed by atoms with Crippen LogP contribution in [0.2, 0.25) is 15.1 Å². The van der Waals surface area contributed by atoms with Gasteiger partial charge in [0, 0.05) is 12.6 Å². The highest BCUT2D eigenvalue weighted by Crippen LogP contribution is 2.33. The number of hydrogen-bond donors (Lipinski definition) is 2. The van der Waals surface area contributed by atoms with Crippen molar-refractivity contribution in [2.75, 3.05) is 13.2 Å². The molecule has 8 nitrogen and oxygen atoms in total. The number of hydrazone groups is 1. The fraction of sp³-hybridized carbons (Fsp3) is 0.250. The van der Waals surface area contributed by atoms with Gasteiger partial charge in [-0.1, -0.05) is 52.6 Å². The molecule has 2 N–H and O–H groups in total. The standard InChI is InChI=1S/C16H14Cl3N3O5S/c1-2-3-22-15(26)12(6-14(24)25)28-16(22)21-20-13(23)7-27-11-5-9(18)8(17)4-10(11)19/h2,4-5,12H,1,3,6-7H2,(H,20,23)(H,24,25)/b21-16+. The van der Waals surface area contributed by atoms with Crippen LogP contribution in [0, 0.1) is 0 Å². The van der Waals surface area contributed by atoms with Crippen molar-refractivity contribution in [3.05, 3.63) is 39.9 Å². The van der Waals surface area contributed by atoms with E-state index in [9.17, 15) is 14.4 Å². The van der Waals surface area contributed by atoms with Crippen LogP contribution in [0.3, 0.4) is 0 Å². The molecule has 1 aliphatic rings. The van der Waals surface area contributed by atoms with Crippen LogP contribution in [-0.4, -0.2) is 51.4 Å². The molecule has 1 aromatic rings. The molecule has 0 saturated carbocycles. The Morgan fingerprint density at radius 3 is 2.64 bits per heavy atom. The molecule has 1 saturated heterocycles. The average Bonchev–Trinajstić information content (AvgIpc) is 2.90. The maximum atomic E-state index is 12.2. The van der Waals surface area contributed by atoms with Crippen molar-refractivity contribution in [2.45, 2.75) is 11.7 Å². The number of aliphatic carboxylic acids is 1. The Labute approximate surface area is 179 Å². The highest BCUT2D eigenvalue weighted by atomic mass is 35.5. The number of rotatable bonds is 8. The van der Waals surface area contributed by atoms with E-state index in [4.69, 9.17) is 44.6 Å². The van der Waals surface area contributed by atoms with E-state index in [1.807, 2.05) is 0 Å². The van der Waals surface area contributed by atoms with E-state index in [1.54, 1.807) is 0 Å². The molecule has 0 radical (unpaired) electrons. The summed E-state index contributed by atoms with van der Waals surface area (Å²) in [7, 11) is 0. The summed E-state index contributed by atoms with van der Waals surface area (Å²) >= 11 is 18.6. The number of nitrogens with one attached hydrogen (secondary N) is 1. The largest absolute Gasteiger partial charge is 0.482 e. The quantitative estimate of drug-likeness (QED) is 0.346. The van der Waals surface area contributed by atoms with E-state index in [-0.39, 0.29) is 39.0 Å². The van der Waals surface area contributed by atoms with Crippen LogP contribution in [0.15, 0.2) is 29.9 Å². The van der Waals surface area contributed by atoms with E-state index in [0.717, 1.165) is 11.8 Å². The number of halogens is 3. The van der Waals surface area contributed by atoms with Gasteiger partial charge >= 0.3 is 5.97 Å². The lowest BCUT2D eigenvalue weighted by Crippen LogP contribution is -2.34. The highest BCUT2D eigenvalue weighted by Gasteiger charge is 2.38. The number of carbonyl (C=O) groups is 3. The molecule has 1 fully saturated rings. The lowest BCUT2D eigenvalue weighted by molar-refractivity contribution is -0.139. The van der Waals surface area contributed by atoms with Gasteiger partial charge in [-0.25, -0.2) is 5.43 Å². The third kappa shape index (κ3) is 5.78. The summed E-state index contributed by atoms with van der Waals surface area (Å²) in [6.45, 7) is 3.25. The van der Waals surface area contributed by atoms with Gasteiger partial charge in [-0.3, -0.25) is 19.3 Å². The third-order valence-electron chi connectivity index (χ3n) is 3.30. The lowest BCUT2D eigenvalue weighted by Gasteiger charge is -2.13. The van der Waals surface area contributed by atoms with Crippen LogP contribution in [-0.2, 0) is 14.4 Å². The Hall–Kier alpha value is -1.94. The Morgan fingerprint density at radius 2 is 2.00 bits per heavy atom. The molecule has 12 heteroatoms. The number of carbonyl (C=O) groups excluding carboxylic acids is 2. The van der Waals surface area contributed by atoms with Crippen molar-refractivity contribution in [3.63, 3.8) is 0 Å². The summed E-state index contributed by atoms with van der Waals surface area (Å²) in [4.78, 5) is 36.3. The minimum atomic E-state index is -1.11. The van der Waals surface area contributed by atoms with E-state index in [2.05, 4.69) is 17.1 Å². The van der Waals surface area contributed by atoms with E-state index in [0.29, 0.717) is 0 Å². The first-order valence-corrected chi connectivity index (χ1v) is 9.68. The second-order valence-electron chi connectivity index (χ2n) is 5.36. The molecule has 0 aromatic heterocycles. The molecule has 1 aromatic carbocycles. The predicted octanol–water partition coefficient (Wildman–Crippen LogP) is 3.02. The molecule has 1 aliphatic heterocycles. The fourth-order valence-corrected chi connectivity index (χ4v) is 3.77. The summed E-state index contributed by atoms with van der Waals surface area (Å²) in [6, 6.07) is 2.76. The molecule has 2 rings (SSSR count). The maximum Gasteiger partial charge on any atom is 0.305 e. The first-order valence-electron chi connectivity index (χ1n) is 7.67. The zero-order valence-electron chi connectivity index (χ0n) is 14.2. The minimum Gasteiger partial charge on any atom is -0.482 e. The van der Waals surface area contributed by atoms with Crippen molar-refractivity contribution in [1.82, 2.24) is 10.3 Å². The van der Waals surface area contributed by atoms with Gasteiger partial charge in [0.15, 0.2) is 11.8 Å². The Kier molecular flexibility index (Phi) is 7.99. The number of thioether (sulfide) groups is 1. The van der Waals surface area contributed by atoms with Gasteiger partial charge in [-0.15, -0.1) is 11.7 Å². The SMILES string of the molecule is C=CCN1C(=O)C(CC(=O)O)S/C1=N/NC(=O)COc1cc(Cl)c(Cl)cc1Cl. The maximum absolute atomic E-state index is 12.2. The van der Waals surface area contributed by atoms with Crippen LogP contribution in [0.25, 0.3) is 0 Å². The van der Waals surface area contributed by atoms with Crippen molar-refractivity contribution in [3.8, 4) is 5.75 Å². The van der Waals surface area contributed by atoms with Crippen LogP contribution in [0.4, 0.5) is 0 Å². The molecule has 1 atom stereocenters. The Balaban J connectivity index is 2.00. The van der Waals surface area contributed by atoms with Crippen LogP contribution in [0.1, 0.15) is 6.42 Å². The second-order valence-corrected chi connectivity index (χ2v) is 7.75. The normalized spacial score (nSPS) is 17.7. The van der Waals surface area contributed by atoms with Crippen molar-refractivity contribution < 1.29 is 24.2 Å². The van der Waals surface area contributed by atoms with Crippen LogP contribution in [0.5, 0.6) is 5.75 Å². The van der Waals surface area contributed by atoms with Gasteiger partial charge in [0.1, 0.15) is 11.0 Å². The first kappa shape index (κ1) is 22.4. The summed E-state index contributed by atoms with van der Waals surface area (Å²) in [6.07, 6.45) is 1.11. The van der Waals surface area contributed by atoms with E-state index in [1.165, 1.54) is 23.1 Å². The average molecular weight is 467 g/mol. The molecule has 0 aliphatic carbocycles. The third-order valence-corrected chi connectivity index (χ3v) is 5.49. The molecule has 2 amide bonds. The molecule has 1 heterocycles. The summed E-state index contributed by atoms with van der Waals surface area (Å²) < 4.78 is 5.28. The number of amidine groups is 1. The highest BCUT2D eigenvalue weighted by molar-refractivity contribution is 8.15. The van der Waals surface area contributed by atoms with Crippen LogP contribution < -0.4 is 10.2 Å². The van der Waals surface area contributed by atoms with Gasteiger partial charge < -0.3 is 9.84 Å². The van der Waals surface area contributed by atoms with E-state index >= 15 is 0 Å². The number of carboxylic acid groups (broad SMARTS) is 1. The molecular weight excluding hydrogens is 453 g/mol. The summed E-state index contributed by atoms with van der Waals surface area (Å²) in [5, 5.41) is 12.8. The summed E-state index contributed by atoms with van der Waals surface area (Å²) in [5.41, 5.74) is 2.25. The second kappa shape index (κ2) is 10.0. The molecular formula is C16H14Cl3N3O5S. The smallest absolute Gasteiger partial charge is 0.305 e. The number of amides is 2. The Morgan fingerprint density at radius 1 is 1.32 bits per heavy atom.